The van der Waals surface area contributed by atoms with E-state index in [-0.39, 0.29) is 0 Å². The molecule has 1 fully saturated rings. The molecule has 21 heavy (non-hydrogen) atoms. The number of anilines is 1. The van der Waals surface area contributed by atoms with Gasteiger partial charge in [0.1, 0.15) is 11.6 Å². The van der Waals surface area contributed by atoms with Gasteiger partial charge in [0.25, 0.3) is 0 Å². The highest BCUT2D eigenvalue weighted by Crippen LogP contribution is 2.57. The molecule has 1 aliphatic carbocycles. The minimum Gasteiger partial charge on any atom is -0.370 e. The van der Waals surface area contributed by atoms with Crippen LogP contribution < -0.4 is 5.32 Å². The Balaban J connectivity index is 2.10. The van der Waals surface area contributed by atoms with Crippen LogP contribution in [0.2, 0.25) is 0 Å². The van der Waals surface area contributed by atoms with Gasteiger partial charge in [0, 0.05) is 23.6 Å². The number of nitrogens with zero attached hydrogens (tertiary/aromatic N) is 2. The van der Waals surface area contributed by atoms with E-state index in [1.54, 1.807) is 0 Å². The first-order chi connectivity index (χ1) is 10.0. The van der Waals surface area contributed by atoms with E-state index in [2.05, 4.69) is 57.3 Å². The van der Waals surface area contributed by atoms with Gasteiger partial charge in [-0.05, 0) is 25.7 Å². The van der Waals surface area contributed by atoms with Gasteiger partial charge >= 0.3 is 0 Å². The van der Waals surface area contributed by atoms with E-state index in [0.29, 0.717) is 11.3 Å². The third kappa shape index (κ3) is 2.65. The fourth-order valence-electron chi connectivity index (χ4n) is 2.81. The molecule has 0 bridgehead atoms. The van der Waals surface area contributed by atoms with Crippen molar-refractivity contribution in [3.63, 3.8) is 0 Å². The summed E-state index contributed by atoms with van der Waals surface area (Å²) >= 11 is 0. The molecule has 1 unspecified atom stereocenters. The summed E-state index contributed by atoms with van der Waals surface area (Å²) < 4.78 is 0. The highest BCUT2D eigenvalue weighted by atomic mass is 15.0. The van der Waals surface area contributed by atoms with Crippen LogP contribution in [0.15, 0.2) is 30.3 Å². The lowest BCUT2D eigenvalue weighted by molar-refractivity contribution is 0.608. The molecular weight excluding hydrogens is 258 g/mol. The molecule has 110 valence electrons. The molecule has 3 nitrogen and oxygen atoms in total. The molecule has 1 heterocycles. The van der Waals surface area contributed by atoms with Gasteiger partial charge in [-0.2, -0.15) is 0 Å². The zero-order chi connectivity index (χ0) is 15.0. The van der Waals surface area contributed by atoms with E-state index in [4.69, 9.17) is 9.97 Å². The summed E-state index contributed by atoms with van der Waals surface area (Å²) in [5.74, 6) is 2.45. The van der Waals surface area contributed by atoms with Crippen LogP contribution in [-0.4, -0.2) is 16.5 Å². The molecule has 1 saturated carbocycles. The average molecular weight is 281 g/mol. The molecule has 2 aromatic rings. The molecule has 0 spiro atoms. The Morgan fingerprint density at radius 3 is 2.43 bits per heavy atom. The van der Waals surface area contributed by atoms with Gasteiger partial charge in [-0.25, -0.2) is 9.97 Å². The van der Waals surface area contributed by atoms with Crippen molar-refractivity contribution < 1.29 is 0 Å². The van der Waals surface area contributed by atoms with Gasteiger partial charge in [0.2, 0.25) is 0 Å². The summed E-state index contributed by atoms with van der Waals surface area (Å²) in [6, 6.07) is 10.4. The summed E-state index contributed by atoms with van der Waals surface area (Å²) in [5.41, 5.74) is 3.69. The number of hydrogen-bond donors (Lipinski definition) is 1. The third-order valence-electron chi connectivity index (χ3n) is 4.38. The molecular formula is C18H23N3. The van der Waals surface area contributed by atoms with Crippen molar-refractivity contribution in [2.24, 2.45) is 5.41 Å². The summed E-state index contributed by atoms with van der Waals surface area (Å²) in [6.07, 6.45) is 1.18. The molecule has 0 amide bonds. The fraction of sp³-hybridized carbons (Fsp3) is 0.444. The van der Waals surface area contributed by atoms with Gasteiger partial charge in [0.05, 0.1) is 5.69 Å². The lowest BCUT2D eigenvalue weighted by Gasteiger charge is -2.14. The van der Waals surface area contributed by atoms with E-state index in [1.165, 1.54) is 6.42 Å². The maximum atomic E-state index is 4.89. The third-order valence-corrected chi connectivity index (χ3v) is 4.38. The van der Waals surface area contributed by atoms with E-state index in [0.717, 1.165) is 35.0 Å². The molecule has 1 atom stereocenters. The molecule has 1 aliphatic rings. The number of benzene rings is 1. The van der Waals surface area contributed by atoms with Crippen molar-refractivity contribution in [2.45, 2.75) is 40.0 Å². The summed E-state index contributed by atoms with van der Waals surface area (Å²) in [7, 11) is 0. The Morgan fingerprint density at radius 2 is 1.86 bits per heavy atom. The highest BCUT2D eigenvalue weighted by Gasteiger charge is 2.48. The van der Waals surface area contributed by atoms with Crippen LogP contribution >= 0.6 is 0 Å². The minimum atomic E-state index is 0.340. The topological polar surface area (TPSA) is 37.8 Å². The molecule has 1 N–H and O–H groups in total. The normalized spacial score (nSPS) is 19.3. The quantitative estimate of drug-likeness (QED) is 0.902. The minimum absolute atomic E-state index is 0.340. The maximum absolute atomic E-state index is 4.89. The highest BCUT2D eigenvalue weighted by molar-refractivity contribution is 5.68. The lowest BCUT2D eigenvalue weighted by atomic mass is 10.1. The average Bonchev–Trinajstić information content (AvgIpc) is 3.11. The molecule has 0 radical (unpaired) electrons. The Morgan fingerprint density at radius 1 is 1.19 bits per heavy atom. The largest absolute Gasteiger partial charge is 0.370 e. The van der Waals surface area contributed by atoms with Crippen molar-refractivity contribution >= 4 is 5.82 Å². The Bertz CT molecular complexity index is 647. The Kier molecular flexibility index (Phi) is 3.44. The van der Waals surface area contributed by atoms with Gasteiger partial charge < -0.3 is 5.32 Å². The van der Waals surface area contributed by atoms with Crippen LogP contribution in [0, 0.1) is 12.3 Å². The van der Waals surface area contributed by atoms with Crippen molar-refractivity contribution in [3.05, 3.63) is 41.7 Å². The van der Waals surface area contributed by atoms with Crippen molar-refractivity contribution in [1.29, 1.82) is 0 Å². The van der Waals surface area contributed by atoms with Crippen molar-refractivity contribution in [3.8, 4) is 11.3 Å². The van der Waals surface area contributed by atoms with Crippen LogP contribution in [0.3, 0.4) is 0 Å². The monoisotopic (exact) mass is 281 g/mol. The smallest absolute Gasteiger partial charge is 0.135 e. The van der Waals surface area contributed by atoms with Gasteiger partial charge in [-0.1, -0.05) is 44.2 Å². The number of aromatic nitrogens is 2. The van der Waals surface area contributed by atoms with Crippen molar-refractivity contribution in [2.75, 3.05) is 11.9 Å². The van der Waals surface area contributed by atoms with E-state index >= 15 is 0 Å². The second-order valence-electron chi connectivity index (χ2n) is 6.55. The van der Waals surface area contributed by atoms with Gasteiger partial charge in [0.15, 0.2) is 0 Å². The number of rotatable bonds is 4. The van der Waals surface area contributed by atoms with Crippen LogP contribution in [0.25, 0.3) is 11.3 Å². The first-order valence-electron chi connectivity index (χ1n) is 7.70. The van der Waals surface area contributed by atoms with Crippen LogP contribution in [0.5, 0.6) is 0 Å². The van der Waals surface area contributed by atoms with Gasteiger partial charge in [-0.3, -0.25) is 0 Å². The van der Waals surface area contributed by atoms with E-state index in [9.17, 15) is 0 Å². The first-order valence-corrected chi connectivity index (χ1v) is 7.70. The zero-order valence-electron chi connectivity index (χ0n) is 13.3. The predicted molar refractivity (Wildman–Crippen MR) is 87.5 cm³/mol. The van der Waals surface area contributed by atoms with E-state index in [1.807, 2.05) is 6.07 Å². The number of hydrogen-bond acceptors (Lipinski definition) is 3. The Labute approximate surface area is 126 Å². The maximum Gasteiger partial charge on any atom is 0.135 e. The molecule has 3 heteroatoms. The van der Waals surface area contributed by atoms with Crippen LogP contribution in [-0.2, 0) is 0 Å². The van der Waals surface area contributed by atoms with E-state index < -0.39 is 0 Å². The van der Waals surface area contributed by atoms with Gasteiger partial charge in [-0.15, -0.1) is 0 Å². The lowest BCUT2D eigenvalue weighted by Crippen LogP contribution is -2.08. The molecule has 0 saturated heterocycles. The SMILES string of the molecule is CCNc1nc(C2CC2(C)C)nc(-c2ccccc2)c1C. The predicted octanol–water partition coefficient (Wildman–Crippen LogP) is 4.40. The van der Waals surface area contributed by atoms with Crippen LogP contribution in [0.1, 0.15) is 44.5 Å². The first kappa shape index (κ1) is 14.1. The van der Waals surface area contributed by atoms with Crippen molar-refractivity contribution in [1.82, 2.24) is 9.97 Å². The second-order valence-corrected chi connectivity index (χ2v) is 6.55. The molecule has 3 rings (SSSR count). The second kappa shape index (κ2) is 5.14. The zero-order valence-corrected chi connectivity index (χ0v) is 13.3. The Hall–Kier alpha value is -1.90. The van der Waals surface area contributed by atoms with Crippen LogP contribution in [0.4, 0.5) is 5.82 Å². The molecule has 1 aromatic heterocycles. The molecule has 0 aliphatic heterocycles. The summed E-state index contributed by atoms with van der Waals surface area (Å²) in [6.45, 7) is 9.65. The standard InChI is InChI=1S/C18H23N3/c1-5-19-16-12(2)15(13-9-7-6-8-10-13)20-17(21-16)14-11-18(14,3)4/h6-10,14H,5,11H2,1-4H3,(H,19,20,21). The summed E-state index contributed by atoms with van der Waals surface area (Å²) in [4.78, 5) is 9.68. The molecule has 1 aromatic carbocycles. The summed E-state index contributed by atoms with van der Waals surface area (Å²) in [5, 5.41) is 3.39. The number of nitrogens with one attached hydrogen (secondary N) is 1. The fourth-order valence-corrected chi connectivity index (χ4v) is 2.81.